The molecule has 1 aromatic carbocycles. The highest BCUT2D eigenvalue weighted by Crippen LogP contribution is 2.17. The number of rotatable bonds is 1. The van der Waals surface area contributed by atoms with Crippen LogP contribution in [0.4, 0.5) is 4.79 Å². The minimum atomic E-state index is -1.42. The third-order valence-electron chi connectivity index (χ3n) is 1.67. The lowest BCUT2D eigenvalue weighted by molar-refractivity contribution is 0.0856. The maximum absolute atomic E-state index is 10.3. The molecule has 0 fully saturated rings. The summed E-state index contributed by atoms with van der Waals surface area (Å²) in [5, 5.41) is 17.5. The lowest BCUT2D eigenvalue weighted by Crippen LogP contribution is -2.15. The molecule has 0 atom stereocenters. The molecule has 6 heteroatoms. The Balaban J connectivity index is 2.52. The molecule has 0 aliphatic rings. The van der Waals surface area contributed by atoms with E-state index in [1.807, 2.05) is 0 Å². The second-order valence-corrected chi connectivity index (χ2v) is 2.60. The zero-order chi connectivity index (χ0) is 10.1. The Kier molecular flexibility index (Phi) is 1.74. The number of benzene rings is 1. The molecule has 0 bridgehead atoms. The zero-order valence-electron chi connectivity index (χ0n) is 6.91. The number of hydrogen-bond donors (Lipinski definition) is 2. The number of aromatic nitrogens is 2. The van der Waals surface area contributed by atoms with E-state index >= 15 is 0 Å². The van der Waals surface area contributed by atoms with Crippen molar-refractivity contribution in [1.82, 2.24) is 9.71 Å². The van der Waals surface area contributed by atoms with E-state index in [1.54, 1.807) is 0 Å². The van der Waals surface area contributed by atoms with Crippen molar-refractivity contribution in [3.8, 4) is 5.75 Å². The summed E-state index contributed by atoms with van der Waals surface area (Å²) in [6.45, 7) is 0. The van der Waals surface area contributed by atoms with Crippen LogP contribution in [0.1, 0.15) is 0 Å². The van der Waals surface area contributed by atoms with Crippen LogP contribution in [0.5, 0.6) is 5.75 Å². The number of aromatic hydroxyl groups is 1. The zero-order valence-corrected chi connectivity index (χ0v) is 6.91. The molecule has 2 N–H and O–H groups in total. The van der Waals surface area contributed by atoms with E-state index < -0.39 is 6.16 Å². The summed E-state index contributed by atoms with van der Waals surface area (Å²) in [4.78, 5) is 18.5. The monoisotopic (exact) mass is 194 g/mol. The number of nitrogens with zero attached hydrogens (tertiary/aromatic N) is 2. The average molecular weight is 194 g/mol. The van der Waals surface area contributed by atoms with Gasteiger partial charge in [0.25, 0.3) is 0 Å². The molecular formula is C8H6N2O4. The third-order valence-corrected chi connectivity index (χ3v) is 1.67. The largest absolute Gasteiger partial charge is 0.531 e. The molecule has 1 aromatic heterocycles. The normalized spacial score (nSPS) is 10.3. The summed E-state index contributed by atoms with van der Waals surface area (Å²) >= 11 is 0. The van der Waals surface area contributed by atoms with E-state index in [0.717, 1.165) is 4.73 Å². The minimum absolute atomic E-state index is 0.0677. The van der Waals surface area contributed by atoms with Gasteiger partial charge in [-0.15, -0.1) is 0 Å². The first-order valence-corrected chi connectivity index (χ1v) is 3.74. The second kappa shape index (κ2) is 2.91. The molecule has 2 rings (SSSR count). The molecule has 1 heterocycles. The van der Waals surface area contributed by atoms with E-state index in [9.17, 15) is 4.79 Å². The number of fused-ring (bicyclic) bond motifs is 1. The second-order valence-electron chi connectivity index (χ2n) is 2.60. The summed E-state index contributed by atoms with van der Waals surface area (Å²) < 4.78 is 1.01. The van der Waals surface area contributed by atoms with Gasteiger partial charge in [-0.25, -0.2) is 9.78 Å². The Morgan fingerprint density at radius 1 is 1.50 bits per heavy atom. The maximum atomic E-state index is 10.3. The number of imidazole rings is 1. The van der Waals surface area contributed by atoms with Gasteiger partial charge in [0.05, 0.1) is 5.52 Å². The molecule has 72 valence electrons. The summed E-state index contributed by atoms with van der Waals surface area (Å²) in [5.74, 6) is 0.0677. The third kappa shape index (κ3) is 1.33. The van der Waals surface area contributed by atoms with E-state index in [4.69, 9.17) is 10.2 Å². The van der Waals surface area contributed by atoms with Gasteiger partial charge >= 0.3 is 6.16 Å². The van der Waals surface area contributed by atoms with Gasteiger partial charge in [0, 0.05) is 6.07 Å². The van der Waals surface area contributed by atoms with Crippen LogP contribution in [-0.2, 0) is 0 Å². The van der Waals surface area contributed by atoms with E-state index in [0.29, 0.717) is 11.0 Å². The highest BCUT2D eigenvalue weighted by Gasteiger charge is 2.06. The molecule has 2 aromatic rings. The number of carbonyl (C=O) groups is 1. The fraction of sp³-hybridized carbons (Fsp3) is 0. The van der Waals surface area contributed by atoms with Gasteiger partial charge in [0.2, 0.25) is 0 Å². The SMILES string of the molecule is O=C(O)On1cnc2cc(O)ccc21. The number of phenols is 1. The van der Waals surface area contributed by atoms with Gasteiger partial charge in [-0.2, -0.15) is 4.73 Å². The van der Waals surface area contributed by atoms with Crippen molar-refractivity contribution in [1.29, 1.82) is 0 Å². The molecule has 14 heavy (non-hydrogen) atoms. The predicted octanol–water partition coefficient (Wildman–Crippen LogP) is 0.848. The van der Waals surface area contributed by atoms with Gasteiger partial charge in [0.1, 0.15) is 17.6 Å². The van der Waals surface area contributed by atoms with Gasteiger partial charge in [-0.3, -0.25) is 4.84 Å². The lowest BCUT2D eigenvalue weighted by Gasteiger charge is -1.99. The van der Waals surface area contributed by atoms with Crippen LogP contribution < -0.4 is 4.84 Å². The summed E-state index contributed by atoms with van der Waals surface area (Å²) in [6, 6.07) is 4.35. The molecule has 0 saturated carbocycles. The van der Waals surface area contributed by atoms with Crippen molar-refractivity contribution in [3.05, 3.63) is 24.5 Å². The lowest BCUT2D eigenvalue weighted by atomic mass is 10.3. The highest BCUT2D eigenvalue weighted by molar-refractivity contribution is 5.77. The summed E-state index contributed by atoms with van der Waals surface area (Å²) in [5.41, 5.74) is 0.941. The van der Waals surface area contributed by atoms with Crippen LogP contribution in [-0.4, -0.2) is 26.1 Å². The van der Waals surface area contributed by atoms with Crippen LogP contribution in [0.3, 0.4) is 0 Å². The fourth-order valence-corrected chi connectivity index (χ4v) is 1.14. The van der Waals surface area contributed by atoms with Crippen LogP contribution in [0.15, 0.2) is 24.5 Å². The molecular weight excluding hydrogens is 188 g/mol. The van der Waals surface area contributed by atoms with Gasteiger partial charge in [-0.05, 0) is 12.1 Å². The van der Waals surface area contributed by atoms with E-state index in [1.165, 1.54) is 24.5 Å². The first kappa shape index (κ1) is 8.36. The van der Waals surface area contributed by atoms with Crippen LogP contribution in [0.2, 0.25) is 0 Å². The van der Waals surface area contributed by atoms with Crippen molar-refractivity contribution < 1.29 is 19.8 Å². The van der Waals surface area contributed by atoms with Crippen molar-refractivity contribution in [2.24, 2.45) is 0 Å². The standard InChI is InChI=1S/C8H6N2O4/c11-5-1-2-7-6(3-5)9-4-10(7)14-8(12)13/h1-4,11H,(H,12,13). The Bertz CT molecular complexity index is 491. The molecule has 0 aliphatic heterocycles. The van der Waals surface area contributed by atoms with Crippen molar-refractivity contribution in [3.63, 3.8) is 0 Å². The maximum Gasteiger partial charge on any atom is 0.531 e. The topological polar surface area (TPSA) is 84.6 Å². The average Bonchev–Trinajstić information content (AvgIpc) is 2.47. The quantitative estimate of drug-likeness (QED) is 0.702. The van der Waals surface area contributed by atoms with E-state index in [2.05, 4.69) is 9.82 Å². The van der Waals surface area contributed by atoms with Crippen molar-refractivity contribution in [2.75, 3.05) is 0 Å². The molecule has 0 spiro atoms. The number of phenolic OH excluding ortho intramolecular Hbond substituents is 1. The fourth-order valence-electron chi connectivity index (χ4n) is 1.14. The van der Waals surface area contributed by atoms with Crippen molar-refractivity contribution in [2.45, 2.75) is 0 Å². The Labute approximate surface area is 77.9 Å². The minimum Gasteiger partial charge on any atom is -0.508 e. The first-order chi connectivity index (χ1) is 6.66. The molecule has 6 nitrogen and oxygen atoms in total. The molecule has 0 amide bonds. The van der Waals surface area contributed by atoms with Gasteiger partial charge < -0.3 is 10.2 Å². The Morgan fingerprint density at radius 2 is 2.29 bits per heavy atom. The Hall–Kier alpha value is -2.24. The van der Waals surface area contributed by atoms with Crippen LogP contribution in [0.25, 0.3) is 11.0 Å². The predicted molar refractivity (Wildman–Crippen MR) is 46.0 cm³/mol. The highest BCUT2D eigenvalue weighted by atomic mass is 16.8. The summed E-state index contributed by atoms with van der Waals surface area (Å²) in [7, 11) is 0. The van der Waals surface area contributed by atoms with Crippen molar-refractivity contribution >= 4 is 17.2 Å². The van der Waals surface area contributed by atoms with E-state index in [-0.39, 0.29) is 5.75 Å². The number of carboxylic acid groups (broad SMARTS) is 1. The van der Waals surface area contributed by atoms with Gasteiger partial charge in [-0.1, -0.05) is 0 Å². The molecule has 0 radical (unpaired) electrons. The molecule has 0 aliphatic carbocycles. The van der Waals surface area contributed by atoms with Crippen LogP contribution >= 0.6 is 0 Å². The Morgan fingerprint density at radius 3 is 3.00 bits per heavy atom. The molecule has 0 unspecified atom stereocenters. The van der Waals surface area contributed by atoms with Gasteiger partial charge in [0.15, 0.2) is 0 Å². The van der Waals surface area contributed by atoms with Crippen LogP contribution in [0, 0.1) is 0 Å². The first-order valence-electron chi connectivity index (χ1n) is 3.74. The molecule has 0 saturated heterocycles. The smallest absolute Gasteiger partial charge is 0.508 e. The number of hydrogen-bond acceptors (Lipinski definition) is 4. The summed E-state index contributed by atoms with van der Waals surface area (Å²) in [6.07, 6.45) is -0.199.